The lowest BCUT2D eigenvalue weighted by atomic mass is 9.89. The van der Waals surface area contributed by atoms with E-state index in [0.29, 0.717) is 19.3 Å². The Morgan fingerprint density at radius 1 is 1.47 bits per heavy atom. The van der Waals surface area contributed by atoms with Crippen molar-refractivity contribution in [2.45, 2.75) is 45.3 Å². The van der Waals surface area contributed by atoms with Crippen molar-refractivity contribution in [1.29, 1.82) is 0 Å². The summed E-state index contributed by atoms with van der Waals surface area (Å²) in [5, 5.41) is 7.61. The molecule has 0 saturated carbocycles. The van der Waals surface area contributed by atoms with Gasteiger partial charge >= 0.3 is 0 Å². The molecule has 0 aromatic carbocycles. The molecule has 0 bridgehead atoms. The Hall–Kier alpha value is -0.420. The van der Waals surface area contributed by atoms with Crippen LogP contribution in [0.2, 0.25) is 0 Å². The van der Waals surface area contributed by atoms with Crippen molar-refractivity contribution in [3.63, 3.8) is 0 Å². The van der Waals surface area contributed by atoms with Crippen molar-refractivity contribution in [2.24, 2.45) is 0 Å². The minimum absolute atomic E-state index is 0.462. The van der Waals surface area contributed by atoms with E-state index in [0.717, 1.165) is 35.5 Å². The molecular formula is C12H19BrFN3. The van der Waals surface area contributed by atoms with Gasteiger partial charge in [0.2, 0.25) is 0 Å². The minimum Gasteiger partial charge on any atom is -0.316 e. The molecule has 0 amide bonds. The number of nitrogens with one attached hydrogen (secondary N) is 1. The average molecular weight is 304 g/mol. The fraction of sp³-hybridized carbons (Fsp3) is 0.750. The van der Waals surface area contributed by atoms with Crippen molar-refractivity contribution >= 4 is 15.9 Å². The predicted octanol–water partition coefficient (Wildman–Crippen LogP) is 2.61. The molecule has 0 spiro atoms. The molecule has 1 N–H and O–H groups in total. The predicted molar refractivity (Wildman–Crippen MR) is 70.0 cm³/mol. The molecule has 17 heavy (non-hydrogen) atoms. The third kappa shape index (κ3) is 2.71. The number of hydrogen-bond acceptors (Lipinski definition) is 2. The van der Waals surface area contributed by atoms with Crippen LogP contribution in [0.3, 0.4) is 0 Å². The standard InChI is InChI=1S/C12H19BrFN3/c1-3-17-10(11(13)9(2)16-17)8-12(14)4-6-15-7-5-12/h15H,3-8H2,1-2H3. The first-order chi connectivity index (χ1) is 8.06. The van der Waals surface area contributed by atoms with Gasteiger partial charge in [-0.25, -0.2) is 4.39 Å². The Morgan fingerprint density at radius 2 is 2.12 bits per heavy atom. The third-order valence-electron chi connectivity index (χ3n) is 3.44. The van der Waals surface area contributed by atoms with Crippen LogP contribution in [0.15, 0.2) is 4.47 Å². The Bertz CT molecular complexity index is 397. The summed E-state index contributed by atoms with van der Waals surface area (Å²) in [7, 11) is 0. The van der Waals surface area contributed by atoms with Gasteiger partial charge in [-0.3, -0.25) is 4.68 Å². The van der Waals surface area contributed by atoms with Crippen LogP contribution < -0.4 is 5.32 Å². The van der Waals surface area contributed by atoms with Gasteiger partial charge in [0.1, 0.15) is 5.67 Å². The molecule has 2 rings (SSSR count). The van der Waals surface area contributed by atoms with Crippen LogP contribution >= 0.6 is 15.9 Å². The normalized spacial score (nSPS) is 19.5. The molecule has 0 atom stereocenters. The highest BCUT2D eigenvalue weighted by Gasteiger charge is 2.34. The van der Waals surface area contributed by atoms with E-state index < -0.39 is 5.67 Å². The van der Waals surface area contributed by atoms with Crippen LogP contribution in [-0.4, -0.2) is 28.5 Å². The van der Waals surface area contributed by atoms with E-state index in [1.807, 2.05) is 18.5 Å². The second-order valence-electron chi connectivity index (χ2n) is 4.74. The summed E-state index contributed by atoms with van der Waals surface area (Å²) in [6.07, 6.45) is 1.64. The number of halogens is 2. The maximum atomic E-state index is 14.7. The van der Waals surface area contributed by atoms with Crippen LogP contribution in [0.25, 0.3) is 0 Å². The summed E-state index contributed by atoms with van der Waals surface area (Å²) in [4.78, 5) is 0. The fourth-order valence-corrected chi connectivity index (χ4v) is 2.81. The summed E-state index contributed by atoms with van der Waals surface area (Å²) in [5.41, 5.74) is 0.862. The van der Waals surface area contributed by atoms with E-state index >= 15 is 0 Å². The Labute approximate surface area is 110 Å². The first kappa shape index (κ1) is 13.0. The quantitative estimate of drug-likeness (QED) is 0.930. The third-order valence-corrected chi connectivity index (χ3v) is 4.47. The highest BCUT2D eigenvalue weighted by atomic mass is 79.9. The van der Waals surface area contributed by atoms with Gasteiger partial charge in [0.15, 0.2) is 0 Å². The van der Waals surface area contributed by atoms with E-state index in [2.05, 4.69) is 26.3 Å². The number of alkyl halides is 1. The van der Waals surface area contributed by atoms with E-state index in [1.54, 1.807) is 0 Å². The van der Waals surface area contributed by atoms with Crippen LogP contribution in [0.5, 0.6) is 0 Å². The smallest absolute Gasteiger partial charge is 0.119 e. The number of nitrogens with zero attached hydrogens (tertiary/aromatic N) is 2. The lowest BCUT2D eigenvalue weighted by Gasteiger charge is -2.30. The van der Waals surface area contributed by atoms with Crippen LogP contribution in [0, 0.1) is 6.92 Å². The molecule has 1 aromatic heterocycles. The van der Waals surface area contributed by atoms with Crippen molar-refractivity contribution in [1.82, 2.24) is 15.1 Å². The summed E-state index contributed by atoms with van der Waals surface area (Å²) in [6.45, 7) is 6.32. The van der Waals surface area contributed by atoms with Gasteiger partial charge in [-0.05, 0) is 55.7 Å². The van der Waals surface area contributed by atoms with Gasteiger partial charge in [-0.1, -0.05) is 0 Å². The molecule has 2 heterocycles. The van der Waals surface area contributed by atoms with Gasteiger partial charge in [0.25, 0.3) is 0 Å². The van der Waals surface area contributed by atoms with E-state index in [-0.39, 0.29) is 0 Å². The summed E-state index contributed by atoms with van der Waals surface area (Å²) in [5.74, 6) is 0. The Balaban J connectivity index is 2.22. The molecule has 0 unspecified atom stereocenters. The number of aryl methyl sites for hydroxylation is 2. The number of piperidine rings is 1. The van der Waals surface area contributed by atoms with Gasteiger partial charge in [0.05, 0.1) is 15.9 Å². The van der Waals surface area contributed by atoms with E-state index in [1.165, 1.54) is 0 Å². The van der Waals surface area contributed by atoms with Crippen molar-refractivity contribution < 1.29 is 4.39 Å². The zero-order valence-electron chi connectivity index (χ0n) is 10.4. The first-order valence-corrected chi connectivity index (χ1v) is 6.96. The minimum atomic E-state index is -1.08. The van der Waals surface area contributed by atoms with Crippen LogP contribution in [-0.2, 0) is 13.0 Å². The van der Waals surface area contributed by atoms with Crippen LogP contribution in [0.4, 0.5) is 4.39 Å². The number of aromatic nitrogens is 2. The molecule has 0 radical (unpaired) electrons. The lowest BCUT2D eigenvalue weighted by molar-refractivity contribution is 0.113. The molecule has 1 aliphatic rings. The molecule has 1 aromatic rings. The number of rotatable bonds is 3. The molecule has 96 valence electrons. The highest BCUT2D eigenvalue weighted by molar-refractivity contribution is 9.10. The zero-order chi connectivity index (χ0) is 12.5. The SMILES string of the molecule is CCn1nc(C)c(Br)c1CC1(F)CCNCC1. The molecular weight excluding hydrogens is 285 g/mol. The molecule has 0 aliphatic carbocycles. The van der Waals surface area contributed by atoms with E-state index in [4.69, 9.17) is 0 Å². The maximum Gasteiger partial charge on any atom is 0.119 e. The second-order valence-corrected chi connectivity index (χ2v) is 5.53. The van der Waals surface area contributed by atoms with Gasteiger partial charge < -0.3 is 5.32 Å². The lowest BCUT2D eigenvalue weighted by Crippen LogP contribution is -2.40. The first-order valence-electron chi connectivity index (χ1n) is 6.17. The molecule has 1 saturated heterocycles. The molecule has 1 aliphatic heterocycles. The molecule has 5 heteroatoms. The fourth-order valence-electron chi connectivity index (χ4n) is 2.39. The highest BCUT2D eigenvalue weighted by Crippen LogP contribution is 2.32. The van der Waals surface area contributed by atoms with Gasteiger partial charge in [0, 0.05) is 13.0 Å². The summed E-state index contributed by atoms with van der Waals surface area (Å²) >= 11 is 3.53. The zero-order valence-corrected chi connectivity index (χ0v) is 12.0. The number of hydrogen-bond donors (Lipinski definition) is 1. The largest absolute Gasteiger partial charge is 0.316 e. The van der Waals surface area contributed by atoms with Crippen molar-refractivity contribution in [3.8, 4) is 0 Å². The van der Waals surface area contributed by atoms with Crippen molar-refractivity contribution in [3.05, 3.63) is 15.9 Å². The van der Waals surface area contributed by atoms with Gasteiger partial charge in [-0.2, -0.15) is 5.10 Å². The maximum absolute atomic E-state index is 14.7. The van der Waals surface area contributed by atoms with Crippen molar-refractivity contribution in [2.75, 3.05) is 13.1 Å². The van der Waals surface area contributed by atoms with Gasteiger partial charge in [-0.15, -0.1) is 0 Å². The second kappa shape index (κ2) is 5.06. The van der Waals surface area contributed by atoms with Crippen LogP contribution in [0.1, 0.15) is 31.2 Å². The van der Waals surface area contributed by atoms with E-state index in [9.17, 15) is 4.39 Å². The topological polar surface area (TPSA) is 29.9 Å². The Kier molecular flexibility index (Phi) is 3.88. The average Bonchev–Trinajstić information content (AvgIpc) is 2.57. The monoisotopic (exact) mass is 303 g/mol. The summed E-state index contributed by atoms with van der Waals surface area (Å²) in [6, 6.07) is 0. The Morgan fingerprint density at radius 3 is 2.71 bits per heavy atom. The summed E-state index contributed by atoms with van der Waals surface area (Å²) < 4.78 is 17.5. The molecule has 3 nitrogen and oxygen atoms in total. The molecule has 1 fully saturated rings.